The normalized spacial score (nSPS) is 11.1. The summed E-state index contributed by atoms with van der Waals surface area (Å²) in [5, 5.41) is 12.2. The van der Waals surface area contributed by atoms with Crippen LogP contribution in [0.1, 0.15) is 36.3 Å². The van der Waals surface area contributed by atoms with E-state index in [-0.39, 0.29) is 5.56 Å². The van der Waals surface area contributed by atoms with Crippen LogP contribution in [0.2, 0.25) is 0 Å². The molecule has 1 rings (SSSR count). The molecule has 0 bridgehead atoms. The lowest BCUT2D eigenvalue weighted by Gasteiger charge is -2.20. The Morgan fingerprint density at radius 2 is 2.16 bits per heavy atom. The van der Waals surface area contributed by atoms with Crippen LogP contribution in [-0.2, 0) is 0 Å². The highest BCUT2D eigenvalue weighted by Gasteiger charge is 2.06. The lowest BCUT2D eigenvalue weighted by Crippen LogP contribution is -2.28. The third kappa shape index (κ3) is 5.26. The average molecular weight is 265 g/mol. The van der Waals surface area contributed by atoms with Gasteiger partial charge in [-0.2, -0.15) is 0 Å². The summed E-state index contributed by atoms with van der Waals surface area (Å²) in [6, 6.07) is 3.68. The molecule has 0 aliphatic rings. The molecule has 5 nitrogen and oxygen atoms in total. The predicted molar refractivity (Wildman–Crippen MR) is 76.8 cm³/mol. The second kappa shape index (κ2) is 7.09. The Morgan fingerprint density at radius 3 is 2.74 bits per heavy atom. The van der Waals surface area contributed by atoms with Crippen molar-refractivity contribution in [1.82, 2.24) is 9.88 Å². The maximum atomic E-state index is 10.9. The Balaban J connectivity index is 2.47. The Morgan fingerprint density at radius 1 is 1.47 bits per heavy atom. The fourth-order valence-electron chi connectivity index (χ4n) is 1.69. The van der Waals surface area contributed by atoms with Crippen LogP contribution < -0.4 is 5.32 Å². The van der Waals surface area contributed by atoms with Gasteiger partial charge in [0.1, 0.15) is 5.82 Å². The smallest absolute Gasteiger partial charge is 0.335 e. The number of aromatic nitrogens is 1. The van der Waals surface area contributed by atoms with Crippen molar-refractivity contribution in [1.29, 1.82) is 0 Å². The van der Waals surface area contributed by atoms with Crippen LogP contribution in [0.25, 0.3) is 0 Å². The van der Waals surface area contributed by atoms with Gasteiger partial charge in [0.15, 0.2) is 0 Å². The fourth-order valence-corrected chi connectivity index (χ4v) is 1.69. The van der Waals surface area contributed by atoms with E-state index in [9.17, 15) is 4.79 Å². The van der Waals surface area contributed by atoms with Crippen LogP contribution in [0.3, 0.4) is 0 Å². The van der Waals surface area contributed by atoms with Gasteiger partial charge in [0.05, 0.1) is 5.56 Å². The molecule has 0 unspecified atom stereocenters. The standard InChI is InChI=1S/C14H23N3O2/c1-10(2)17(4)7-5-6-15-13-9-12(14(18)19)8-11(3)16-13/h8-10H,5-7H2,1-4H3,(H,15,16)(H,18,19). The molecule has 0 atom stereocenters. The molecule has 106 valence electrons. The molecule has 0 fully saturated rings. The van der Waals surface area contributed by atoms with Crippen molar-refractivity contribution in [3.05, 3.63) is 23.4 Å². The monoisotopic (exact) mass is 265 g/mol. The summed E-state index contributed by atoms with van der Waals surface area (Å²) >= 11 is 0. The second-order valence-corrected chi connectivity index (χ2v) is 5.04. The van der Waals surface area contributed by atoms with Gasteiger partial charge in [-0.15, -0.1) is 0 Å². The third-order valence-corrected chi connectivity index (χ3v) is 3.08. The quantitative estimate of drug-likeness (QED) is 0.740. The van der Waals surface area contributed by atoms with E-state index < -0.39 is 5.97 Å². The van der Waals surface area contributed by atoms with Crippen LogP contribution in [-0.4, -0.2) is 47.1 Å². The molecule has 0 amide bonds. The minimum atomic E-state index is -0.923. The number of carboxylic acids is 1. The summed E-state index contributed by atoms with van der Waals surface area (Å²) in [4.78, 5) is 17.5. The van der Waals surface area contributed by atoms with Crippen molar-refractivity contribution >= 4 is 11.8 Å². The van der Waals surface area contributed by atoms with E-state index >= 15 is 0 Å². The number of carboxylic acid groups (broad SMARTS) is 1. The first-order valence-electron chi connectivity index (χ1n) is 6.56. The summed E-state index contributed by atoms with van der Waals surface area (Å²) in [5.41, 5.74) is 0.982. The number of nitrogens with zero attached hydrogens (tertiary/aromatic N) is 2. The highest BCUT2D eigenvalue weighted by molar-refractivity contribution is 5.88. The highest BCUT2D eigenvalue weighted by Crippen LogP contribution is 2.10. The zero-order chi connectivity index (χ0) is 14.4. The van der Waals surface area contributed by atoms with Gasteiger partial charge in [-0.05, 0) is 52.9 Å². The average Bonchev–Trinajstić information content (AvgIpc) is 2.33. The Kier molecular flexibility index (Phi) is 5.76. The van der Waals surface area contributed by atoms with Gasteiger partial charge < -0.3 is 15.3 Å². The van der Waals surface area contributed by atoms with E-state index in [2.05, 4.69) is 36.1 Å². The molecule has 0 radical (unpaired) electrons. The molecule has 1 heterocycles. The maximum absolute atomic E-state index is 10.9. The van der Waals surface area contributed by atoms with Crippen molar-refractivity contribution in [3.8, 4) is 0 Å². The van der Waals surface area contributed by atoms with Gasteiger partial charge in [-0.25, -0.2) is 9.78 Å². The van der Waals surface area contributed by atoms with Gasteiger partial charge >= 0.3 is 5.97 Å². The van der Waals surface area contributed by atoms with E-state index in [1.165, 1.54) is 0 Å². The van der Waals surface area contributed by atoms with Gasteiger partial charge in [-0.1, -0.05) is 0 Å². The Hall–Kier alpha value is -1.62. The van der Waals surface area contributed by atoms with Crippen molar-refractivity contribution in [3.63, 3.8) is 0 Å². The van der Waals surface area contributed by atoms with E-state index in [0.29, 0.717) is 17.6 Å². The molecule has 2 N–H and O–H groups in total. The lowest BCUT2D eigenvalue weighted by atomic mass is 10.2. The molecule has 0 spiro atoms. The summed E-state index contributed by atoms with van der Waals surface area (Å²) in [6.45, 7) is 7.91. The second-order valence-electron chi connectivity index (χ2n) is 5.04. The van der Waals surface area contributed by atoms with E-state index in [4.69, 9.17) is 5.11 Å². The van der Waals surface area contributed by atoms with Crippen LogP contribution in [0, 0.1) is 6.92 Å². The van der Waals surface area contributed by atoms with Gasteiger partial charge in [0.2, 0.25) is 0 Å². The number of carbonyl (C=O) groups is 1. The molecule has 0 aliphatic carbocycles. The largest absolute Gasteiger partial charge is 0.478 e. The number of pyridine rings is 1. The molecule has 0 aliphatic heterocycles. The van der Waals surface area contributed by atoms with Crippen molar-refractivity contribution in [2.75, 3.05) is 25.5 Å². The molecule has 0 aromatic carbocycles. The molecule has 0 saturated heterocycles. The number of rotatable bonds is 7. The Bertz CT molecular complexity index is 433. The van der Waals surface area contributed by atoms with Gasteiger partial charge in [0, 0.05) is 18.3 Å². The summed E-state index contributed by atoms with van der Waals surface area (Å²) in [6.07, 6.45) is 0.993. The molecule has 5 heteroatoms. The van der Waals surface area contributed by atoms with Gasteiger partial charge in [-0.3, -0.25) is 0 Å². The van der Waals surface area contributed by atoms with Crippen molar-refractivity contribution in [2.45, 2.75) is 33.2 Å². The van der Waals surface area contributed by atoms with Crippen molar-refractivity contribution < 1.29 is 9.90 Å². The van der Waals surface area contributed by atoms with Crippen LogP contribution in [0.15, 0.2) is 12.1 Å². The number of aryl methyl sites for hydroxylation is 1. The molecule has 1 aromatic rings. The molecular formula is C14H23N3O2. The van der Waals surface area contributed by atoms with Gasteiger partial charge in [0.25, 0.3) is 0 Å². The van der Waals surface area contributed by atoms with Crippen molar-refractivity contribution in [2.24, 2.45) is 0 Å². The van der Waals surface area contributed by atoms with E-state index in [1.54, 1.807) is 19.1 Å². The predicted octanol–water partition coefficient (Wildman–Crippen LogP) is 2.23. The highest BCUT2D eigenvalue weighted by atomic mass is 16.4. The van der Waals surface area contributed by atoms with Crippen LogP contribution in [0.4, 0.5) is 5.82 Å². The van der Waals surface area contributed by atoms with E-state index in [0.717, 1.165) is 19.5 Å². The summed E-state index contributed by atoms with van der Waals surface area (Å²) in [5.74, 6) is -0.294. The number of hydrogen-bond donors (Lipinski definition) is 2. The summed E-state index contributed by atoms with van der Waals surface area (Å²) < 4.78 is 0. The minimum absolute atomic E-state index is 0.272. The van der Waals surface area contributed by atoms with Crippen LogP contribution >= 0.6 is 0 Å². The fraction of sp³-hybridized carbons (Fsp3) is 0.571. The SMILES string of the molecule is Cc1cc(C(=O)O)cc(NCCCN(C)C(C)C)n1. The molecule has 1 aromatic heterocycles. The first kappa shape index (κ1) is 15.4. The topological polar surface area (TPSA) is 65.5 Å². The summed E-state index contributed by atoms with van der Waals surface area (Å²) in [7, 11) is 2.10. The maximum Gasteiger partial charge on any atom is 0.335 e. The molecule has 0 saturated carbocycles. The number of nitrogens with one attached hydrogen (secondary N) is 1. The first-order chi connectivity index (χ1) is 8.90. The number of aromatic carboxylic acids is 1. The van der Waals surface area contributed by atoms with E-state index in [1.807, 2.05) is 0 Å². The molecular weight excluding hydrogens is 242 g/mol. The zero-order valence-corrected chi connectivity index (χ0v) is 12.1. The van der Waals surface area contributed by atoms with Crippen LogP contribution in [0.5, 0.6) is 0 Å². The minimum Gasteiger partial charge on any atom is -0.478 e. The lowest BCUT2D eigenvalue weighted by molar-refractivity contribution is 0.0696. The Labute approximate surface area is 114 Å². The number of hydrogen-bond acceptors (Lipinski definition) is 4. The molecule has 19 heavy (non-hydrogen) atoms. The third-order valence-electron chi connectivity index (χ3n) is 3.08. The zero-order valence-electron chi connectivity index (χ0n) is 12.1. The first-order valence-corrected chi connectivity index (χ1v) is 6.56. The number of anilines is 1.